The largest absolute Gasteiger partial charge is 0.416 e. The van der Waals surface area contributed by atoms with Crippen molar-refractivity contribution in [1.82, 2.24) is 33.6 Å². The lowest BCUT2D eigenvalue weighted by molar-refractivity contribution is -0.139. The van der Waals surface area contributed by atoms with E-state index in [0.717, 1.165) is 33.8 Å². The summed E-state index contributed by atoms with van der Waals surface area (Å²) in [6, 6.07) is 11.8. The second kappa shape index (κ2) is 17.3. The summed E-state index contributed by atoms with van der Waals surface area (Å²) in [4.78, 5) is 25.9. The minimum Gasteiger partial charge on any atom is -0.373 e. The standard InChI is InChI=1S/C22H28F4N4O2.C14H18FN3O4S/c1-14-27-30(21(31)28(14)2)12-16(23)11-29-17-7-8-18(29)10-19(9-17)32-13-15-5-3-4-6-20(15)22(24,25)26;1-10-4-6-13(7-5-10)23(20,21)22-9-12(15)8-18-14(19)17(3)11(2)16-18/h3-6,16-19H,7-13H2,1-2H3;4-7,12H,8-9H2,1-3H3/t16-,17?,18?,19?;12-/m10/s1. The Hall–Kier alpha value is -4.20. The van der Waals surface area contributed by atoms with E-state index in [1.165, 1.54) is 40.4 Å². The van der Waals surface area contributed by atoms with Crippen molar-refractivity contribution in [3.8, 4) is 0 Å². The van der Waals surface area contributed by atoms with Crippen LogP contribution in [0.3, 0.4) is 0 Å². The Labute approximate surface area is 315 Å². The van der Waals surface area contributed by atoms with Crippen molar-refractivity contribution in [3.63, 3.8) is 0 Å². The molecule has 4 heterocycles. The van der Waals surface area contributed by atoms with Crippen LogP contribution in [0.25, 0.3) is 0 Å². The van der Waals surface area contributed by atoms with Crippen LogP contribution in [-0.2, 0) is 59.0 Å². The van der Waals surface area contributed by atoms with Crippen molar-refractivity contribution >= 4 is 10.1 Å². The van der Waals surface area contributed by atoms with Crippen LogP contribution in [0.1, 0.15) is 54.0 Å². The molecule has 302 valence electrons. The summed E-state index contributed by atoms with van der Waals surface area (Å²) >= 11 is 0. The Bertz CT molecular complexity index is 2130. The van der Waals surface area contributed by atoms with Gasteiger partial charge < -0.3 is 4.74 Å². The molecule has 0 saturated carbocycles. The highest BCUT2D eigenvalue weighted by molar-refractivity contribution is 7.86. The van der Waals surface area contributed by atoms with Crippen molar-refractivity contribution < 1.29 is 39.3 Å². The van der Waals surface area contributed by atoms with Crippen molar-refractivity contribution in [2.45, 2.75) is 108 Å². The first-order chi connectivity index (χ1) is 25.8. The van der Waals surface area contributed by atoms with Crippen LogP contribution in [0, 0.1) is 20.8 Å². The van der Waals surface area contributed by atoms with Gasteiger partial charge in [-0.3, -0.25) is 18.2 Å². The fourth-order valence-electron chi connectivity index (χ4n) is 6.87. The Balaban J connectivity index is 0.000000223. The smallest absolute Gasteiger partial charge is 0.373 e. The molecule has 4 atom stereocenters. The van der Waals surface area contributed by atoms with E-state index in [0.29, 0.717) is 24.5 Å². The number of halogens is 5. The van der Waals surface area contributed by atoms with E-state index in [1.807, 2.05) is 6.92 Å². The molecule has 2 unspecified atom stereocenters. The van der Waals surface area contributed by atoms with Crippen LogP contribution in [0.4, 0.5) is 22.0 Å². The molecule has 0 N–H and O–H groups in total. The Morgan fingerprint density at radius 2 is 1.33 bits per heavy atom. The fourth-order valence-corrected chi connectivity index (χ4v) is 7.80. The summed E-state index contributed by atoms with van der Waals surface area (Å²) in [5.74, 6) is 0.975. The summed E-state index contributed by atoms with van der Waals surface area (Å²) in [6.45, 7) is 4.11. The third-order valence-corrected chi connectivity index (χ3v) is 11.3. The molecule has 2 aromatic heterocycles. The molecule has 0 amide bonds. The van der Waals surface area contributed by atoms with Crippen LogP contribution < -0.4 is 11.4 Å². The van der Waals surface area contributed by atoms with E-state index >= 15 is 0 Å². The van der Waals surface area contributed by atoms with E-state index in [1.54, 1.807) is 39.1 Å². The molecule has 2 aliphatic rings. The van der Waals surface area contributed by atoms with Crippen LogP contribution in [-0.4, -0.2) is 85.7 Å². The second-order valence-corrected chi connectivity index (χ2v) is 15.6. The lowest BCUT2D eigenvalue weighted by Gasteiger charge is -2.39. The second-order valence-electron chi connectivity index (χ2n) is 14.0. The molecule has 2 bridgehead atoms. The lowest BCUT2D eigenvalue weighted by Crippen LogP contribution is -2.48. The number of piperidine rings is 1. The van der Waals surface area contributed by atoms with Crippen molar-refractivity contribution in [3.05, 3.63) is 97.8 Å². The Kier molecular flexibility index (Phi) is 13.2. The molecule has 4 aromatic rings. The topological polar surface area (TPSA) is 135 Å². The predicted molar refractivity (Wildman–Crippen MR) is 191 cm³/mol. The van der Waals surface area contributed by atoms with Gasteiger partial charge in [0.05, 0.1) is 42.9 Å². The van der Waals surface area contributed by atoms with Crippen LogP contribution >= 0.6 is 0 Å². The Morgan fingerprint density at radius 1 is 0.800 bits per heavy atom. The average molecular weight is 800 g/mol. The zero-order valence-corrected chi connectivity index (χ0v) is 32.1. The highest BCUT2D eigenvalue weighted by atomic mass is 32.2. The first kappa shape index (κ1) is 42.0. The molecular weight excluding hydrogens is 753 g/mol. The molecule has 0 aliphatic carbocycles. The summed E-state index contributed by atoms with van der Waals surface area (Å²) in [5, 5.41) is 7.98. The zero-order chi connectivity index (χ0) is 40.2. The van der Waals surface area contributed by atoms with Gasteiger partial charge in [-0.25, -0.2) is 27.7 Å². The molecule has 2 aliphatic heterocycles. The maximum Gasteiger partial charge on any atom is 0.416 e. The lowest BCUT2D eigenvalue weighted by atomic mass is 9.99. The van der Waals surface area contributed by atoms with Crippen molar-refractivity contribution in [1.29, 1.82) is 0 Å². The Morgan fingerprint density at radius 3 is 1.84 bits per heavy atom. The fraction of sp³-hybridized carbons (Fsp3) is 0.556. The van der Waals surface area contributed by atoms with E-state index in [2.05, 4.69) is 15.1 Å². The summed E-state index contributed by atoms with van der Waals surface area (Å²) in [6.07, 6.45) is -4.31. The molecule has 2 aromatic carbocycles. The average Bonchev–Trinajstić information content (AvgIpc) is 3.61. The molecule has 19 heteroatoms. The van der Waals surface area contributed by atoms with E-state index in [9.17, 15) is 40.0 Å². The molecular formula is C36H46F5N7O6S. The minimum absolute atomic E-state index is 0.0406. The number of aryl methyl sites for hydroxylation is 3. The van der Waals surface area contributed by atoms with Gasteiger partial charge in [0.25, 0.3) is 10.1 Å². The molecule has 2 saturated heterocycles. The summed E-state index contributed by atoms with van der Waals surface area (Å²) in [7, 11) is -0.906. The van der Waals surface area contributed by atoms with Crippen LogP contribution in [0.15, 0.2) is 63.0 Å². The first-order valence-corrected chi connectivity index (χ1v) is 19.2. The highest BCUT2D eigenvalue weighted by Gasteiger charge is 2.42. The van der Waals surface area contributed by atoms with Gasteiger partial charge in [0.15, 0.2) is 0 Å². The van der Waals surface area contributed by atoms with Crippen molar-refractivity contribution in [2.75, 3.05) is 13.2 Å². The molecule has 0 radical (unpaired) electrons. The van der Waals surface area contributed by atoms with E-state index in [-0.39, 0.29) is 60.6 Å². The maximum atomic E-state index is 14.8. The first-order valence-electron chi connectivity index (χ1n) is 17.8. The number of hydrogen-bond acceptors (Lipinski definition) is 9. The third kappa shape index (κ3) is 10.4. The van der Waals surface area contributed by atoms with Gasteiger partial charge in [-0.15, -0.1) is 0 Å². The van der Waals surface area contributed by atoms with Crippen molar-refractivity contribution in [2.24, 2.45) is 14.1 Å². The quantitative estimate of drug-likeness (QED) is 0.143. The molecule has 6 rings (SSSR count). The SMILES string of the molecule is Cc1ccc(S(=O)(=O)OC[C@@H](F)Cn2nc(C)n(C)c2=O)cc1.Cc1nn(C[C@H](F)CN2C3CCC2CC(OCc2ccccc2C(F)(F)F)C3)c(=O)n1C. The van der Waals surface area contributed by atoms with Gasteiger partial charge in [-0.2, -0.15) is 31.8 Å². The molecule has 13 nitrogen and oxygen atoms in total. The molecule has 2 fully saturated rings. The monoisotopic (exact) mass is 799 g/mol. The third-order valence-electron chi connectivity index (χ3n) is 10.0. The zero-order valence-electron chi connectivity index (χ0n) is 31.2. The van der Waals surface area contributed by atoms with Gasteiger partial charge in [0.1, 0.15) is 24.0 Å². The van der Waals surface area contributed by atoms with Gasteiger partial charge in [0.2, 0.25) is 0 Å². The predicted octanol–water partition coefficient (Wildman–Crippen LogP) is 4.40. The maximum absolute atomic E-state index is 14.8. The van der Waals surface area contributed by atoms with E-state index < -0.39 is 46.5 Å². The summed E-state index contributed by atoms with van der Waals surface area (Å²) < 4.78 is 108. The minimum atomic E-state index is -4.41. The van der Waals surface area contributed by atoms with Gasteiger partial charge in [0, 0.05) is 32.7 Å². The van der Waals surface area contributed by atoms with Crippen LogP contribution in [0.5, 0.6) is 0 Å². The normalized spacial score (nSPS) is 19.9. The number of aromatic nitrogens is 6. The van der Waals surface area contributed by atoms with E-state index in [4.69, 9.17) is 8.92 Å². The number of benzene rings is 2. The number of hydrogen-bond donors (Lipinski definition) is 0. The number of fused-ring (bicyclic) bond motifs is 2. The molecule has 55 heavy (non-hydrogen) atoms. The van der Waals surface area contributed by atoms with Crippen LogP contribution in [0.2, 0.25) is 0 Å². The van der Waals surface area contributed by atoms with Gasteiger partial charge in [-0.05, 0) is 70.2 Å². The summed E-state index contributed by atoms with van der Waals surface area (Å²) in [5.41, 5.74) is -0.432. The number of alkyl halides is 5. The highest BCUT2D eigenvalue weighted by Crippen LogP contribution is 2.38. The number of rotatable bonds is 13. The number of ether oxygens (including phenoxy) is 1. The van der Waals surface area contributed by atoms with Gasteiger partial charge >= 0.3 is 17.6 Å². The van der Waals surface area contributed by atoms with Gasteiger partial charge in [-0.1, -0.05) is 35.9 Å². The number of nitrogens with zero attached hydrogens (tertiary/aromatic N) is 7. The molecule has 0 spiro atoms.